The van der Waals surface area contributed by atoms with Crippen molar-refractivity contribution >= 4 is 21.8 Å². The fraction of sp³-hybridized carbons (Fsp3) is 0.600. The molecule has 5 heteroatoms. The number of carbonyl (C=O) groups is 1. The van der Waals surface area contributed by atoms with Gasteiger partial charge in [-0.1, -0.05) is 21.1 Å². The van der Waals surface area contributed by atoms with Crippen molar-refractivity contribution in [3.8, 4) is 0 Å². The first kappa shape index (κ1) is 10.7. The maximum atomic E-state index is 11.8. The number of carbonyl (C=O) groups excluding carboxylic acids is 1. The maximum absolute atomic E-state index is 11.8. The highest BCUT2D eigenvalue weighted by atomic mass is 79.9. The molecule has 0 aromatic carbocycles. The van der Waals surface area contributed by atoms with Crippen molar-refractivity contribution in [3.63, 3.8) is 0 Å². The Balaban J connectivity index is 1.86. The second kappa shape index (κ2) is 4.35. The summed E-state index contributed by atoms with van der Waals surface area (Å²) < 4.78 is 4.64. The van der Waals surface area contributed by atoms with Crippen LogP contribution in [0.3, 0.4) is 0 Å². The van der Waals surface area contributed by atoms with Crippen LogP contribution in [-0.4, -0.2) is 34.4 Å². The minimum atomic E-state index is -0.0678. The van der Waals surface area contributed by atoms with E-state index in [-0.39, 0.29) is 5.91 Å². The van der Waals surface area contributed by atoms with Gasteiger partial charge >= 0.3 is 0 Å². The number of amides is 1. The maximum Gasteiger partial charge on any atom is 0.275 e. The van der Waals surface area contributed by atoms with Gasteiger partial charge in [0.05, 0.1) is 0 Å². The Labute approximate surface area is 96.7 Å². The summed E-state index contributed by atoms with van der Waals surface area (Å²) in [4.78, 5) is 14.1. The minimum absolute atomic E-state index is 0.0678. The molecular weight excluding hydrogens is 260 g/mol. The zero-order valence-electron chi connectivity index (χ0n) is 8.52. The molecule has 0 bridgehead atoms. The third kappa shape index (κ3) is 2.40. The monoisotopic (exact) mass is 272 g/mol. The van der Waals surface area contributed by atoms with Crippen LogP contribution in [0.15, 0.2) is 16.9 Å². The first-order valence-electron chi connectivity index (χ1n) is 4.96. The second-order valence-corrected chi connectivity index (χ2v) is 5.30. The molecule has 15 heavy (non-hydrogen) atoms. The van der Waals surface area contributed by atoms with E-state index in [0.29, 0.717) is 16.4 Å². The summed E-state index contributed by atoms with van der Waals surface area (Å²) in [6.07, 6.45) is 3.71. The molecule has 1 aromatic heterocycles. The topological polar surface area (TPSA) is 46.3 Å². The van der Waals surface area contributed by atoms with Crippen LogP contribution < -0.4 is 0 Å². The lowest BCUT2D eigenvalue weighted by Crippen LogP contribution is -2.37. The van der Waals surface area contributed by atoms with E-state index in [9.17, 15) is 4.79 Å². The highest BCUT2D eigenvalue weighted by Gasteiger charge is 2.29. The Hall–Kier alpha value is -0.840. The van der Waals surface area contributed by atoms with Crippen LogP contribution in [0.2, 0.25) is 0 Å². The van der Waals surface area contributed by atoms with Gasteiger partial charge in [0.25, 0.3) is 5.91 Å². The number of hydrogen-bond donors (Lipinski definition) is 0. The Kier molecular flexibility index (Phi) is 3.09. The summed E-state index contributed by atoms with van der Waals surface area (Å²) in [7, 11) is 1.80. The van der Waals surface area contributed by atoms with Gasteiger partial charge in [-0.2, -0.15) is 0 Å². The van der Waals surface area contributed by atoms with E-state index in [1.54, 1.807) is 18.0 Å². The van der Waals surface area contributed by atoms with Gasteiger partial charge in [-0.15, -0.1) is 0 Å². The lowest BCUT2D eigenvalue weighted by Gasteiger charge is -2.34. The average Bonchev–Trinajstić information content (AvgIpc) is 2.66. The van der Waals surface area contributed by atoms with E-state index in [1.165, 1.54) is 6.26 Å². The van der Waals surface area contributed by atoms with E-state index >= 15 is 0 Å². The third-order valence-electron chi connectivity index (χ3n) is 2.71. The van der Waals surface area contributed by atoms with Gasteiger partial charge in [0, 0.05) is 24.5 Å². The molecule has 0 unspecified atom stereocenters. The number of halogens is 1. The number of aromatic nitrogens is 1. The Morgan fingerprint density at radius 3 is 3.00 bits per heavy atom. The predicted molar refractivity (Wildman–Crippen MR) is 58.9 cm³/mol. The van der Waals surface area contributed by atoms with Gasteiger partial charge in [0.15, 0.2) is 5.69 Å². The van der Waals surface area contributed by atoms with Gasteiger partial charge in [-0.05, 0) is 18.8 Å². The molecule has 1 aliphatic carbocycles. The minimum Gasteiger partial charge on any atom is -0.364 e. The molecule has 0 aliphatic heterocycles. The van der Waals surface area contributed by atoms with Crippen LogP contribution >= 0.6 is 15.9 Å². The molecule has 0 saturated heterocycles. The Morgan fingerprint density at radius 1 is 1.73 bits per heavy atom. The molecule has 0 radical (unpaired) electrons. The van der Waals surface area contributed by atoms with Gasteiger partial charge < -0.3 is 9.42 Å². The fourth-order valence-corrected chi connectivity index (χ4v) is 2.85. The second-order valence-electron chi connectivity index (χ2n) is 4.01. The van der Waals surface area contributed by atoms with Crippen LogP contribution in [0.4, 0.5) is 0 Å². The quantitative estimate of drug-likeness (QED) is 0.790. The van der Waals surface area contributed by atoms with Crippen LogP contribution in [0.5, 0.6) is 0 Å². The molecule has 0 spiro atoms. The SMILES string of the molecule is CN(CC1CC(Br)C1)C(=O)c1ccon1. The molecule has 0 atom stereocenters. The Bertz CT molecular complexity index is 333. The molecule has 1 saturated carbocycles. The summed E-state index contributed by atoms with van der Waals surface area (Å²) in [5, 5.41) is 3.63. The molecular formula is C10H13BrN2O2. The molecule has 2 rings (SSSR count). The van der Waals surface area contributed by atoms with Crippen LogP contribution in [0.25, 0.3) is 0 Å². The number of hydrogen-bond acceptors (Lipinski definition) is 3. The van der Waals surface area contributed by atoms with Crippen LogP contribution in [-0.2, 0) is 0 Å². The molecule has 4 nitrogen and oxygen atoms in total. The molecule has 1 fully saturated rings. The fourth-order valence-electron chi connectivity index (χ4n) is 1.79. The first-order chi connectivity index (χ1) is 7.16. The van der Waals surface area contributed by atoms with Crippen molar-refractivity contribution in [2.75, 3.05) is 13.6 Å². The highest BCUT2D eigenvalue weighted by molar-refractivity contribution is 9.09. The lowest BCUT2D eigenvalue weighted by molar-refractivity contribution is 0.0738. The molecule has 1 aromatic rings. The smallest absolute Gasteiger partial charge is 0.275 e. The van der Waals surface area contributed by atoms with Crippen molar-refractivity contribution in [1.29, 1.82) is 0 Å². The van der Waals surface area contributed by atoms with E-state index in [4.69, 9.17) is 0 Å². The number of nitrogens with zero attached hydrogens (tertiary/aromatic N) is 2. The Morgan fingerprint density at radius 2 is 2.47 bits per heavy atom. The zero-order valence-corrected chi connectivity index (χ0v) is 10.1. The number of alkyl halides is 1. The molecule has 0 N–H and O–H groups in total. The molecule has 1 amide bonds. The molecule has 1 aliphatic rings. The largest absolute Gasteiger partial charge is 0.364 e. The third-order valence-corrected chi connectivity index (χ3v) is 3.46. The van der Waals surface area contributed by atoms with Crippen molar-refractivity contribution in [1.82, 2.24) is 10.1 Å². The molecule has 1 heterocycles. The molecule has 82 valence electrons. The van der Waals surface area contributed by atoms with E-state index in [2.05, 4.69) is 25.6 Å². The first-order valence-corrected chi connectivity index (χ1v) is 5.88. The summed E-state index contributed by atoms with van der Waals surface area (Å²) in [6, 6.07) is 1.59. The average molecular weight is 273 g/mol. The van der Waals surface area contributed by atoms with Crippen molar-refractivity contribution < 1.29 is 9.32 Å². The van der Waals surface area contributed by atoms with E-state index in [0.717, 1.165) is 19.4 Å². The van der Waals surface area contributed by atoms with Crippen LogP contribution in [0.1, 0.15) is 23.3 Å². The predicted octanol–water partition coefficient (Wildman–Crippen LogP) is 1.92. The number of rotatable bonds is 3. The standard InChI is InChI=1S/C10H13BrN2O2/c1-13(6-7-4-8(11)5-7)10(14)9-2-3-15-12-9/h2-3,7-8H,4-6H2,1H3. The lowest BCUT2D eigenvalue weighted by atomic mass is 9.85. The van der Waals surface area contributed by atoms with Crippen molar-refractivity contribution in [3.05, 3.63) is 18.0 Å². The van der Waals surface area contributed by atoms with E-state index in [1.807, 2.05) is 0 Å². The summed E-state index contributed by atoms with van der Waals surface area (Å²) in [5.41, 5.74) is 0.382. The summed E-state index contributed by atoms with van der Waals surface area (Å²) >= 11 is 3.54. The summed E-state index contributed by atoms with van der Waals surface area (Å²) in [5.74, 6) is 0.553. The van der Waals surface area contributed by atoms with Gasteiger partial charge in [-0.25, -0.2) is 0 Å². The van der Waals surface area contributed by atoms with Crippen LogP contribution in [0, 0.1) is 5.92 Å². The van der Waals surface area contributed by atoms with Crippen molar-refractivity contribution in [2.24, 2.45) is 5.92 Å². The summed E-state index contributed by atoms with van der Waals surface area (Å²) in [6.45, 7) is 0.799. The van der Waals surface area contributed by atoms with Crippen molar-refractivity contribution in [2.45, 2.75) is 17.7 Å². The van der Waals surface area contributed by atoms with Gasteiger partial charge in [-0.3, -0.25) is 4.79 Å². The van der Waals surface area contributed by atoms with E-state index < -0.39 is 0 Å². The highest BCUT2D eigenvalue weighted by Crippen LogP contribution is 2.33. The van der Waals surface area contributed by atoms with Gasteiger partial charge in [0.2, 0.25) is 0 Å². The normalized spacial score (nSPS) is 24.7. The zero-order chi connectivity index (χ0) is 10.8. The van der Waals surface area contributed by atoms with Gasteiger partial charge in [0.1, 0.15) is 6.26 Å².